The van der Waals surface area contributed by atoms with Crippen LogP contribution in [0.4, 0.5) is 0 Å². The topological polar surface area (TPSA) is 38.0 Å². The minimum absolute atomic E-state index is 0.110. The molecule has 1 N–H and O–H groups in total. The summed E-state index contributed by atoms with van der Waals surface area (Å²) < 4.78 is 2.06. The fourth-order valence-electron chi connectivity index (χ4n) is 2.21. The van der Waals surface area contributed by atoms with Crippen LogP contribution in [-0.4, -0.2) is 14.9 Å². The molecular formula is C11H18N2O. The Bertz CT molecular complexity index is 300. The number of aliphatic hydroxyl groups excluding tert-OH is 1. The average Bonchev–Trinajstić information content (AvgIpc) is 2.61. The first-order chi connectivity index (χ1) is 6.81. The van der Waals surface area contributed by atoms with E-state index < -0.39 is 0 Å². The first kappa shape index (κ1) is 9.71. The van der Waals surface area contributed by atoms with Crippen LogP contribution in [0, 0.1) is 6.92 Å². The molecule has 1 aromatic rings. The summed E-state index contributed by atoms with van der Waals surface area (Å²) in [6.45, 7) is 2.07. The van der Waals surface area contributed by atoms with E-state index in [4.69, 9.17) is 5.11 Å². The van der Waals surface area contributed by atoms with Crippen molar-refractivity contribution >= 4 is 0 Å². The van der Waals surface area contributed by atoms with Crippen molar-refractivity contribution in [3.8, 4) is 0 Å². The van der Waals surface area contributed by atoms with Gasteiger partial charge in [0.05, 0.1) is 18.3 Å². The summed E-state index contributed by atoms with van der Waals surface area (Å²) >= 11 is 0. The van der Waals surface area contributed by atoms with E-state index in [1.807, 2.05) is 13.1 Å². The van der Waals surface area contributed by atoms with Crippen LogP contribution in [0.5, 0.6) is 0 Å². The summed E-state index contributed by atoms with van der Waals surface area (Å²) in [5, 5.41) is 13.5. The molecule has 1 fully saturated rings. The molecule has 1 aromatic heterocycles. The molecule has 1 aliphatic rings. The van der Waals surface area contributed by atoms with Gasteiger partial charge in [-0.15, -0.1) is 0 Å². The third-order valence-electron chi connectivity index (χ3n) is 3.14. The van der Waals surface area contributed by atoms with Gasteiger partial charge >= 0.3 is 0 Å². The van der Waals surface area contributed by atoms with Crippen LogP contribution in [0.3, 0.4) is 0 Å². The molecule has 0 unspecified atom stereocenters. The maximum Gasteiger partial charge on any atom is 0.0715 e. The van der Waals surface area contributed by atoms with Gasteiger partial charge in [-0.3, -0.25) is 4.68 Å². The van der Waals surface area contributed by atoms with Gasteiger partial charge in [-0.2, -0.15) is 5.10 Å². The van der Waals surface area contributed by atoms with E-state index in [0.29, 0.717) is 6.04 Å². The van der Waals surface area contributed by atoms with Gasteiger partial charge in [0, 0.05) is 11.8 Å². The summed E-state index contributed by atoms with van der Waals surface area (Å²) in [6.07, 6.45) is 8.49. The average molecular weight is 194 g/mol. The molecule has 2 rings (SSSR count). The molecule has 0 aliphatic heterocycles. The summed E-state index contributed by atoms with van der Waals surface area (Å²) in [5.41, 5.74) is 1.94. The van der Waals surface area contributed by atoms with Crippen molar-refractivity contribution in [1.29, 1.82) is 0 Å². The molecule has 3 nitrogen and oxygen atoms in total. The number of aliphatic hydroxyl groups is 1. The predicted octanol–water partition coefficient (Wildman–Crippen LogP) is 2.19. The Morgan fingerprint density at radius 3 is 2.71 bits per heavy atom. The first-order valence-electron chi connectivity index (χ1n) is 5.46. The highest BCUT2D eigenvalue weighted by Crippen LogP contribution is 2.28. The summed E-state index contributed by atoms with van der Waals surface area (Å²) in [5.74, 6) is 0. The number of hydrogen-bond donors (Lipinski definition) is 1. The number of nitrogens with zero attached hydrogens (tertiary/aromatic N) is 2. The smallest absolute Gasteiger partial charge is 0.0715 e. The van der Waals surface area contributed by atoms with Crippen molar-refractivity contribution in [2.24, 2.45) is 0 Å². The van der Waals surface area contributed by atoms with E-state index in [1.165, 1.54) is 32.1 Å². The van der Waals surface area contributed by atoms with Crippen molar-refractivity contribution in [2.75, 3.05) is 0 Å². The fraction of sp³-hybridized carbons (Fsp3) is 0.727. The number of aryl methyl sites for hydroxylation is 1. The van der Waals surface area contributed by atoms with E-state index >= 15 is 0 Å². The summed E-state index contributed by atoms with van der Waals surface area (Å²) in [6, 6.07) is 0.572. The quantitative estimate of drug-likeness (QED) is 0.783. The lowest BCUT2D eigenvalue weighted by atomic mass is 9.96. The molecule has 0 bridgehead atoms. The van der Waals surface area contributed by atoms with Gasteiger partial charge in [-0.05, 0) is 19.8 Å². The van der Waals surface area contributed by atoms with E-state index in [-0.39, 0.29) is 6.61 Å². The molecule has 78 valence electrons. The molecule has 1 heterocycles. The zero-order chi connectivity index (χ0) is 9.97. The third-order valence-corrected chi connectivity index (χ3v) is 3.14. The standard InChI is InChI=1S/C11H18N2O/c1-9-10(8-14)7-13(12-9)11-5-3-2-4-6-11/h7,11,14H,2-6,8H2,1H3. The zero-order valence-corrected chi connectivity index (χ0v) is 8.74. The van der Waals surface area contributed by atoms with Gasteiger partial charge in [0.15, 0.2) is 0 Å². The van der Waals surface area contributed by atoms with E-state index in [1.54, 1.807) is 0 Å². The van der Waals surface area contributed by atoms with Gasteiger partial charge < -0.3 is 5.11 Å². The van der Waals surface area contributed by atoms with E-state index in [2.05, 4.69) is 9.78 Å². The second-order valence-electron chi connectivity index (χ2n) is 4.17. The molecule has 0 aromatic carbocycles. The van der Waals surface area contributed by atoms with E-state index in [0.717, 1.165) is 11.3 Å². The van der Waals surface area contributed by atoms with Crippen molar-refractivity contribution in [3.05, 3.63) is 17.5 Å². The van der Waals surface area contributed by atoms with Crippen molar-refractivity contribution in [3.63, 3.8) is 0 Å². The predicted molar refractivity (Wildman–Crippen MR) is 55.0 cm³/mol. The van der Waals surface area contributed by atoms with Gasteiger partial charge in [0.1, 0.15) is 0 Å². The molecule has 0 saturated heterocycles. The van der Waals surface area contributed by atoms with Crippen molar-refractivity contribution in [2.45, 2.75) is 51.7 Å². The monoisotopic (exact) mass is 194 g/mol. The highest BCUT2D eigenvalue weighted by Gasteiger charge is 2.16. The van der Waals surface area contributed by atoms with Gasteiger partial charge in [-0.1, -0.05) is 19.3 Å². The van der Waals surface area contributed by atoms with Crippen molar-refractivity contribution in [1.82, 2.24) is 9.78 Å². The lowest BCUT2D eigenvalue weighted by Crippen LogP contribution is -2.13. The molecule has 0 radical (unpaired) electrons. The maximum absolute atomic E-state index is 9.08. The maximum atomic E-state index is 9.08. The number of rotatable bonds is 2. The second kappa shape index (κ2) is 4.13. The van der Waals surface area contributed by atoms with Crippen LogP contribution < -0.4 is 0 Å². The molecule has 0 spiro atoms. The van der Waals surface area contributed by atoms with Crippen LogP contribution >= 0.6 is 0 Å². The molecule has 0 atom stereocenters. The second-order valence-corrected chi connectivity index (χ2v) is 4.17. The Hall–Kier alpha value is -0.830. The van der Waals surface area contributed by atoms with Crippen LogP contribution in [0.25, 0.3) is 0 Å². The Kier molecular flexibility index (Phi) is 2.87. The summed E-state index contributed by atoms with van der Waals surface area (Å²) in [7, 11) is 0. The minimum atomic E-state index is 0.110. The SMILES string of the molecule is Cc1nn(C2CCCCC2)cc1CO. The lowest BCUT2D eigenvalue weighted by Gasteiger charge is -2.21. The Labute approximate surface area is 84.7 Å². The van der Waals surface area contributed by atoms with Crippen LogP contribution in [-0.2, 0) is 6.61 Å². The van der Waals surface area contributed by atoms with Crippen LogP contribution in [0.1, 0.15) is 49.4 Å². The molecular weight excluding hydrogens is 176 g/mol. The Morgan fingerprint density at radius 1 is 1.43 bits per heavy atom. The number of aromatic nitrogens is 2. The van der Waals surface area contributed by atoms with Crippen molar-refractivity contribution < 1.29 is 5.11 Å². The minimum Gasteiger partial charge on any atom is -0.392 e. The van der Waals surface area contributed by atoms with Crippen LogP contribution in [0.15, 0.2) is 6.20 Å². The first-order valence-corrected chi connectivity index (χ1v) is 5.46. The van der Waals surface area contributed by atoms with Gasteiger partial charge in [-0.25, -0.2) is 0 Å². The zero-order valence-electron chi connectivity index (χ0n) is 8.74. The molecule has 0 amide bonds. The molecule has 1 saturated carbocycles. The van der Waals surface area contributed by atoms with E-state index in [9.17, 15) is 0 Å². The number of hydrogen-bond acceptors (Lipinski definition) is 2. The van der Waals surface area contributed by atoms with Gasteiger partial charge in [0.2, 0.25) is 0 Å². The molecule has 3 heteroatoms. The third kappa shape index (κ3) is 1.82. The fourth-order valence-corrected chi connectivity index (χ4v) is 2.21. The Morgan fingerprint density at radius 2 is 2.14 bits per heavy atom. The normalized spacial score (nSPS) is 18.7. The highest BCUT2D eigenvalue weighted by atomic mass is 16.3. The largest absolute Gasteiger partial charge is 0.392 e. The molecule has 1 aliphatic carbocycles. The highest BCUT2D eigenvalue weighted by molar-refractivity contribution is 5.14. The van der Waals surface area contributed by atoms with Gasteiger partial charge in [0.25, 0.3) is 0 Å². The molecule has 14 heavy (non-hydrogen) atoms. The summed E-state index contributed by atoms with van der Waals surface area (Å²) in [4.78, 5) is 0. The Balaban J connectivity index is 2.14. The van der Waals surface area contributed by atoms with Crippen LogP contribution in [0.2, 0.25) is 0 Å². The lowest BCUT2D eigenvalue weighted by molar-refractivity contribution is 0.280.